The van der Waals surface area contributed by atoms with Crippen LogP contribution in [0.4, 0.5) is 5.82 Å². The molecule has 2 aromatic rings. The third-order valence-electron chi connectivity index (χ3n) is 4.85. The summed E-state index contributed by atoms with van der Waals surface area (Å²) in [7, 11) is 1.81. The van der Waals surface area contributed by atoms with E-state index in [1.807, 2.05) is 48.3 Å². The van der Waals surface area contributed by atoms with Crippen molar-refractivity contribution in [2.45, 2.75) is 25.3 Å². The summed E-state index contributed by atoms with van der Waals surface area (Å²) in [4.78, 5) is 33.7. The molecule has 148 valence electrons. The van der Waals surface area contributed by atoms with Crippen LogP contribution < -0.4 is 5.32 Å². The van der Waals surface area contributed by atoms with Crippen LogP contribution in [0.15, 0.2) is 53.1 Å². The molecule has 0 spiro atoms. The first-order chi connectivity index (χ1) is 13.5. The highest BCUT2D eigenvalue weighted by molar-refractivity contribution is 9.10. The van der Waals surface area contributed by atoms with Gasteiger partial charge in [-0.2, -0.15) is 0 Å². The Hall–Kier alpha value is -2.25. The maximum absolute atomic E-state index is 13.3. The number of halogens is 1. The van der Waals surface area contributed by atoms with Crippen molar-refractivity contribution in [1.82, 2.24) is 14.8 Å². The van der Waals surface area contributed by atoms with Crippen LogP contribution in [-0.2, 0) is 9.59 Å². The molecule has 28 heavy (non-hydrogen) atoms. The fourth-order valence-corrected chi connectivity index (χ4v) is 3.69. The van der Waals surface area contributed by atoms with Crippen molar-refractivity contribution < 1.29 is 9.59 Å². The molecular weight excluding hydrogens is 420 g/mol. The third kappa shape index (κ3) is 5.39. The van der Waals surface area contributed by atoms with E-state index in [1.165, 1.54) is 0 Å². The number of hydrogen-bond donors (Lipinski definition) is 1. The van der Waals surface area contributed by atoms with Gasteiger partial charge in [-0.25, -0.2) is 4.98 Å². The van der Waals surface area contributed by atoms with Crippen LogP contribution in [0, 0.1) is 0 Å². The maximum Gasteiger partial charge on any atom is 0.244 e. The highest BCUT2D eigenvalue weighted by atomic mass is 79.9. The largest absolute Gasteiger partial charge is 0.341 e. The van der Waals surface area contributed by atoms with E-state index in [2.05, 4.69) is 26.2 Å². The molecule has 3 rings (SSSR count). The summed E-state index contributed by atoms with van der Waals surface area (Å²) in [6.45, 7) is 1.66. The second-order valence-electron chi connectivity index (χ2n) is 7.02. The van der Waals surface area contributed by atoms with Crippen molar-refractivity contribution in [1.29, 1.82) is 0 Å². The van der Waals surface area contributed by atoms with Crippen LogP contribution in [0.3, 0.4) is 0 Å². The van der Waals surface area contributed by atoms with Gasteiger partial charge in [-0.3, -0.25) is 14.5 Å². The minimum absolute atomic E-state index is 0.0583. The summed E-state index contributed by atoms with van der Waals surface area (Å²) in [6.07, 6.45) is 4.86. The summed E-state index contributed by atoms with van der Waals surface area (Å²) < 4.78 is 0.846. The number of nitrogens with zero attached hydrogens (tertiary/aromatic N) is 3. The number of hydrogen-bond acceptors (Lipinski definition) is 4. The van der Waals surface area contributed by atoms with Crippen LogP contribution in [0.1, 0.15) is 30.9 Å². The van der Waals surface area contributed by atoms with Gasteiger partial charge in [0.2, 0.25) is 11.8 Å². The van der Waals surface area contributed by atoms with Gasteiger partial charge in [0.05, 0.1) is 6.54 Å². The Balaban J connectivity index is 1.72. The Morgan fingerprint density at radius 1 is 1.14 bits per heavy atom. The van der Waals surface area contributed by atoms with Crippen molar-refractivity contribution in [3.05, 3.63) is 58.7 Å². The van der Waals surface area contributed by atoms with Gasteiger partial charge in [0.15, 0.2) is 0 Å². The Bertz CT molecular complexity index is 792. The smallest absolute Gasteiger partial charge is 0.244 e. The monoisotopic (exact) mass is 444 g/mol. The summed E-state index contributed by atoms with van der Waals surface area (Å²) in [5, 5.41) is 2.79. The van der Waals surface area contributed by atoms with Crippen LogP contribution in [0.5, 0.6) is 0 Å². The number of likely N-dealkylation sites (tertiary alicyclic amines) is 1. The van der Waals surface area contributed by atoms with Gasteiger partial charge in [0.1, 0.15) is 11.9 Å². The SMILES string of the molecule is CN(CC(=O)Nc1ccc(Br)cn1)C(C(=O)N1CCCCC1)c1ccccc1. The molecule has 1 saturated heterocycles. The molecule has 1 fully saturated rings. The number of anilines is 1. The fourth-order valence-electron chi connectivity index (χ4n) is 3.46. The molecule has 1 aliphatic heterocycles. The first-order valence-electron chi connectivity index (χ1n) is 9.50. The molecule has 0 bridgehead atoms. The molecule has 1 aromatic carbocycles. The van der Waals surface area contributed by atoms with E-state index in [4.69, 9.17) is 0 Å². The number of amides is 2. The zero-order valence-electron chi connectivity index (χ0n) is 16.0. The molecule has 0 saturated carbocycles. The quantitative estimate of drug-likeness (QED) is 0.740. The van der Waals surface area contributed by atoms with E-state index in [-0.39, 0.29) is 18.4 Å². The van der Waals surface area contributed by atoms with Crippen molar-refractivity contribution in [2.24, 2.45) is 0 Å². The lowest BCUT2D eigenvalue weighted by molar-refractivity contribution is -0.138. The van der Waals surface area contributed by atoms with Crippen LogP contribution >= 0.6 is 15.9 Å². The molecule has 0 aliphatic carbocycles. The van der Waals surface area contributed by atoms with Gasteiger partial charge in [-0.15, -0.1) is 0 Å². The van der Waals surface area contributed by atoms with Gasteiger partial charge in [0, 0.05) is 23.8 Å². The standard InChI is InChI=1S/C21H25BrN4O2/c1-25(15-19(27)24-18-11-10-17(22)14-23-18)20(16-8-4-2-5-9-16)21(28)26-12-6-3-7-13-26/h2,4-5,8-11,14,20H,3,6-7,12-13,15H2,1H3,(H,23,24,27). The zero-order valence-corrected chi connectivity index (χ0v) is 17.6. The van der Waals surface area contributed by atoms with Gasteiger partial charge in [-0.05, 0) is 59.9 Å². The van der Waals surface area contributed by atoms with E-state index in [1.54, 1.807) is 17.2 Å². The minimum Gasteiger partial charge on any atom is -0.341 e. The summed E-state index contributed by atoms with van der Waals surface area (Å²) in [6, 6.07) is 12.7. The maximum atomic E-state index is 13.3. The average Bonchev–Trinajstić information content (AvgIpc) is 2.71. The summed E-state index contributed by atoms with van der Waals surface area (Å²) >= 11 is 3.33. The lowest BCUT2D eigenvalue weighted by atomic mass is 10.0. The average molecular weight is 445 g/mol. The number of nitrogens with one attached hydrogen (secondary N) is 1. The number of carbonyl (C=O) groups is 2. The van der Waals surface area contributed by atoms with Crippen LogP contribution in [-0.4, -0.2) is 53.3 Å². The molecule has 1 aliphatic rings. The minimum atomic E-state index is -0.483. The van der Waals surface area contributed by atoms with Crippen molar-refractivity contribution in [3.8, 4) is 0 Å². The lowest BCUT2D eigenvalue weighted by Gasteiger charge is -2.34. The van der Waals surface area contributed by atoms with Crippen molar-refractivity contribution in [2.75, 3.05) is 32.0 Å². The zero-order chi connectivity index (χ0) is 19.9. The number of carbonyl (C=O) groups excluding carboxylic acids is 2. The third-order valence-corrected chi connectivity index (χ3v) is 5.31. The molecule has 7 heteroatoms. The normalized spacial score (nSPS) is 15.3. The molecule has 2 amide bonds. The van der Waals surface area contributed by atoms with Gasteiger partial charge < -0.3 is 10.2 Å². The van der Waals surface area contributed by atoms with Gasteiger partial charge in [-0.1, -0.05) is 30.3 Å². The van der Waals surface area contributed by atoms with Gasteiger partial charge >= 0.3 is 0 Å². The molecular formula is C21H25BrN4O2. The summed E-state index contributed by atoms with van der Waals surface area (Å²) in [5.41, 5.74) is 0.898. The highest BCUT2D eigenvalue weighted by Crippen LogP contribution is 2.24. The van der Waals surface area contributed by atoms with E-state index < -0.39 is 6.04 Å². The molecule has 6 nitrogen and oxygen atoms in total. The Kier molecular flexibility index (Phi) is 7.17. The molecule has 1 N–H and O–H groups in total. The lowest BCUT2D eigenvalue weighted by Crippen LogP contribution is -2.45. The Morgan fingerprint density at radius 2 is 1.86 bits per heavy atom. The van der Waals surface area contributed by atoms with Crippen molar-refractivity contribution >= 4 is 33.6 Å². The fraction of sp³-hybridized carbons (Fsp3) is 0.381. The predicted molar refractivity (Wildman–Crippen MR) is 113 cm³/mol. The van der Waals surface area contributed by atoms with E-state index >= 15 is 0 Å². The molecule has 1 atom stereocenters. The predicted octanol–water partition coefficient (Wildman–Crippen LogP) is 3.47. The van der Waals surface area contributed by atoms with Crippen LogP contribution in [0.25, 0.3) is 0 Å². The number of pyridine rings is 1. The molecule has 1 unspecified atom stereocenters. The van der Waals surface area contributed by atoms with E-state index in [0.29, 0.717) is 5.82 Å². The van der Waals surface area contributed by atoms with Gasteiger partial charge in [0.25, 0.3) is 0 Å². The number of rotatable bonds is 6. The second-order valence-corrected chi connectivity index (χ2v) is 7.94. The van der Waals surface area contributed by atoms with E-state index in [9.17, 15) is 9.59 Å². The number of likely N-dealkylation sites (N-methyl/N-ethyl adjacent to an activating group) is 1. The van der Waals surface area contributed by atoms with Crippen molar-refractivity contribution in [3.63, 3.8) is 0 Å². The number of piperidine rings is 1. The first kappa shape index (κ1) is 20.5. The highest BCUT2D eigenvalue weighted by Gasteiger charge is 2.31. The molecule has 0 radical (unpaired) electrons. The van der Waals surface area contributed by atoms with E-state index in [0.717, 1.165) is 42.4 Å². The summed E-state index contributed by atoms with van der Waals surface area (Å²) in [5.74, 6) is 0.341. The first-order valence-corrected chi connectivity index (χ1v) is 10.3. The molecule has 1 aromatic heterocycles. The number of benzene rings is 1. The Morgan fingerprint density at radius 3 is 2.50 bits per heavy atom. The molecule has 2 heterocycles. The second kappa shape index (κ2) is 9.80. The van der Waals surface area contributed by atoms with Crippen LogP contribution in [0.2, 0.25) is 0 Å². The topological polar surface area (TPSA) is 65.5 Å². The Labute approximate surface area is 174 Å². The number of aromatic nitrogens is 1.